The molecule has 2 aliphatic heterocycles. The zero-order chi connectivity index (χ0) is 17.7. The molecule has 0 radical (unpaired) electrons. The molecule has 0 aliphatic carbocycles. The van der Waals surface area contributed by atoms with Gasteiger partial charge in [0.05, 0.1) is 6.61 Å². The second-order valence-corrected chi connectivity index (χ2v) is 8.92. The Morgan fingerprint density at radius 1 is 1.12 bits per heavy atom. The number of methoxy groups -OCH3 is 1. The van der Waals surface area contributed by atoms with Crippen molar-refractivity contribution in [3.63, 3.8) is 0 Å². The molecule has 2 aliphatic rings. The maximum absolute atomic E-state index is 13.1. The molecule has 0 aromatic carbocycles. The van der Waals surface area contributed by atoms with Crippen molar-refractivity contribution in [1.82, 2.24) is 18.2 Å². The molecule has 1 atom stereocenters. The Morgan fingerprint density at radius 2 is 1.84 bits per heavy atom. The van der Waals surface area contributed by atoms with Crippen molar-refractivity contribution in [2.75, 3.05) is 39.9 Å². The third kappa shape index (κ3) is 4.42. The fourth-order valence-electron chi connectivity index (χ4n) is 3.86. The van der Waals surface area contributed by atoms with Crippen molar-refractivity contribution < 1.29 is 13.2 Å². The standard InChI is InChI=1S/C17H30N4O3S/c1-24-14-13-19-12-8-18-17(19)16-7-6-11-21(15-16)25(22,23)20-9-4-2-3-5-10-20/h8,12,16H,2-7,9-11,13-15H2,1H3/t16-/m0/s1. The van der Waals surface area contributed by atoms with Gasteiger partial charge in [-0.2, -0.15) is 17.0 Å². The van der Waals surface area contributed by atoms with Gasteiger partial charge < -0.3 is 9.30 Å². The SMILES string of the molecule is COCCn1ccnc1[C@H]1CCCN(S(=O)(=O)N2CCCCCC2)C1. The van der Waals surface area contributed by atoms with Crippen LogP contribution in [0, 0.1) is 0 Å². The van der Waals surface area contributed by atoms with Crippen LogP contribution in [0.25, 0.3) is 0 Å². The first kappa shape index (κ1) is 18.8. The van der Waals surface area contributed by atoms with Crippen molar-refractivity contribution in [1.29, 1.82) is 0 Å². The number of rotatable bonds is 6. The molecule has 3 heterocycles. The van der Waals surface area contributed by atoms with Gasteiger partial charge >= 0.3 is 0 Å². The highest BCUT2D eigenvalue weighted by molar-refractivity contribution is 7.86. The van der Waals surface area contributed by atoms with Gasteiger partial charge in [-0.3, -0.25) is 0 Å². The van der Waals surface area contributed by atoms with Gasteiger partial charge in [-0.05, 0) is 25.7 Å². The number of nitrogens with zero attached hydrogens (tertiary/aromatic N) is 4. The maximum Gasteiger partial charge on any atom is 0.281 e. The summed E-state index contributed by atoms with van der Waals surface area (Å²) in [5.41, 5.74) is 0. The molecule has 3 rings (SSSR count). The lowest BCUT2D eigenvalue weighted by Gasteiger charge is -2.35. The predicted molar refractivity (Wildman–Crippen MR) is 96.6 cm³/mol. The van der Waals surface area contributed by atoms with Crippen LogP contribution in [0.4, 0.5) is 0 Å². The lowest BCUT2D eigenvalue weighted by Crippen LogP contribution is -2.48. The van der Waals surface area contributed by atoms with Gasteiger partial charge in [0.15, 0.2) is 0 Å². The van der Waals surface area contributed by atoms with Gasteiger partial charge in [0.1, 0.15) is 5.82 Å². The number of ether oxygens (including phenoxy) is 1. The average Bonchev–Trinajstić information content (AvgIpc) is 2.91. The zero-order valence-corrected chi connectivity index (χ0v) is 16.0. The highest BCUT2D eigenvalue weighted by Gasteiger charge is 2.35. The summed E-state index contributed by atoms with van der Waals surface area (Å²) in [7, 11) is -1.67. The Balaban J connectivity index is 1.71. The monoisotopic (exact) mass is 370 g/mol. The average molecular weight is 371 g/mol. The normalized spacial score (nSPS) is 24.3. The van der Waals surface area contributed by atoms with Crippen LogP contribution in [-0.2, 0) is 21.5 Å². The minimum Gasteiger partial charge on any atom is -0.383 e. The molecule has 0 N–H and O–H groups in total. The molecule has 0 spiro atoms. The first-order chi connectivity index (χ1) is 12.1. The summed E-state index contributed by atoms with van der Waals surface area (Å²) in [6.45, 7) is 3.85. The molecule has 1 aromatic rings. The Labute approximate surface area is 151 Å². The van der Waals surface area contributed by atoms with E-state index >= 15 is 0 Å². The summed E-state index contributed by atoms with van der Waals surface area (Å²) in [6.07, 6.45) is 9.82. The summed E-state index contributed by atoms with van der Waals surface area (Å²) in [4.78, 5) is 4.51. The summed E-state index contributed by atoms with van der Waals surface area (Å²) in [5.74, 6) is 1.13. The van der Waals surface area contributed by atoms with Crippen molar-refractivity contribution in [3.05, 3.63) is 18.2 Å². The molecule has 142 valence electrons. The fraction of sp³-hybridized carbons (Fsp3) is 0.824. The molecule has 2 saturated heterocycles. The molecular formula is C17H30N4O3S. The maximum atomic E-state index is 13.1. The number of hydrogen-bond acceptors (Lipinski definition) is 4. The van der Waals surface area contributed by atoms with Gasteiger partial charge in [-0.15, -0.1) is 0 Å². The molecule has 0 bridgehead atoms. The van der Waals surface area contributed by atoms with Gasteiger partial charge in [0.25, 0.3) is 10.2 Å². The smallest absolute Gasteiger partial charge is 0.281 e. The number of imidazole rings is 1. The van der Waals surface area contributed by atoms with E-state index in [1.807, 2.05) is 6.20 Å². The minimum atomic E-state index is -3.36. The largest absolute Gasteiger partial charge is 0.383 e. The van der Waals surface area contributed by atoms with Gasteiger partial charge in [-0.1, -0.05) is 12.8 Å². The van der Waals surface area contributed by atoms with Crippen LogP contribution in [-0.4, -0.2) is 66.5 Å². The fourth-order valence-corrected chi connectivity index (χ4v) is 5.63. The van der Waals surface area contributed by atoms with Gasteiger partial charge in [-0.25, -0.2) is 4.98 Å². The first-order valence-electron chi connectivity index (χ1n) is 9.38. The lowest BCUT2D eigenvalue weighted by atomic mass is 9.99. The minimum absolute atomic E-state index is 0.155. The van der Waals surface area contributed by atoms with Crippen LogP contribution in [0.5, 0.6) is 0 Å². The summed E-state index contributed by atoms with van der Waals surface area (Å²) in [5, 5.41) is 0. The van der Waals surface area contributed by atoms with Crippen molar-refractivity contribution >= 4 is 10.2 Å². The third-order valence-corrected chi connectivity index (χ3v) is 7.25. The summed E-state index contributed by atoms with van der Waals surface area (Å²) < 4.78 is 36.8. The highest BCUT2D eigenvalue weighted by Crippen LogP contribution is 2.29. The number of aromatic nitrogens is 2. The predicted octanol–water partition coefficient (Wildman–Crippen LogP) is 1.83. The zero-order valence-electron chi connectivity index (χ0n) is 15.1. The van der Waals surface area contributed by atoms with E-state index in [2.05, 4.69) is 9.55 Å². The van der Waals surface area contributed by atoms with Gasteiger partial charge in [0, 0.05) is 58.1 Å². The van der Waals surface area contributed by atoms with Crippen molar-refractivity contribution in [2.45, 2.75) is 51.0 Å². The molecule has 1 aromatic heterocycles. The Hall–Kier alpha value is -0.960. The van der Waals surface area contributed by atoms with Gasteiger partial charge in [0.2, 0.25) is 0 Å². The first-order valence-corrected chi connectivity index (χ1v) is 10.8. The molecule has 8 heteroatoms. The van der Waals surface area contributed by atoms with Crippen LogP contribution in [0.15, 0.2) is 12.4 Å². The topological polar surface area (TPSA) is 67.7 Å². The lowest BCUT2D eigenvalue weighted by molar-refractivity contribution is 0.184. The van der Waals surface area contributed by atoms with E-state index in [-0.39, 0.29) is 5.92 Å². The Morgan fingerprint density at radius 3 is 2.56 bits per heavy atom. The van der Waals surface area contributed by atoms with Crippen LogP contribution < -0.4 is 0 Å². The van der Waals surface area contributed by atoms with Crippen LogP contribution in [0.3, 0.4) is 0 Å². The van der Waals surface area contributed by atoms with E-state index in [0.717, 1.165) is 50.9 Å². The quantitative estimate of drug-likeness (QED) is 0.766. The third-order valence-electron chi connectivity index (χ3n) is 5.25. The molecule has 25 heavy (non-hydrogen) atoms. The second kappa shape index (κ2) is 8.62. The number of hydrogen-bond donors (Lipinski definition) is 0. The Bertz CT molecular complexity index is 638. The van der Waals surface area contributed by atoms with Crippen molar-refractivity contribution in [3.8, 4) is 0 Å². The van der Waals surface area contributed by atoms with Crippen LogP contribution in [0.1, 0.15) is 50.3 Å². The van der Waals surface area contributed by atoms with E-state index in [1.165, 1.54) is 0 Å². The summed E-state index contributed by atoms with van der Waals surface area (Å²) in [6, 6.07) is 0. The molecule has 0 amide bonds. The molecular weight excluding hydrogens is 340 g/mol. The van der Waals surface area contributed by atoms with E-state index in [4.69, 9.17) is 4.74 Å². The number of piperidine rings is 1. The molecule has 2 fully saturated rings. The highest BCUT2D eigenvalue weighted by atomic mass is 32.2. The van der Waals surface area contributed by atoms with Crippen LogP contribution >= 0.6 is 0 Å². The second-order valence-electron chi connectivity index (χ2n) is 6.99. The van der Waals surface area contributed by atoms with E-state index in [0.29, 0.717) is 32.8 Å². The van der Waals surface area contributed by atoms with E-state index in [1.54, 1.807) is 21.9 Å². The molecule has 0 unspecified atom stereocenters. The summed E-state index contributed by atoms with van der Waals surface area (Å²) >= 11 is 0. The molecule has 7 nitrogen and oxygen atoms in total. The Kier molecular flexibility index (Phi) is 6.49. The van der Waals surface area contributed by atoms with Crippen LogP contribution in [0.2, 0.25) is 0 Å². The van der Waals surface area contributed by atoms with E-state index in [9.17, 15) is 8.42 Å². The molecule has 0 saturated carbocycles. The van der Waals surface area contributed by atoms with Crippen molar-refractivity contribution in [2.24, 2.45) is 0 Å². The van der Waals surface area contributed by atoms with E-state index < -0.39 is 10.2 Å².